The molecule has 5 nitrogen and oxygen atoms in total. The highest BCUT2D eigenvalue weighted by molar-refractivity contribution is 5.95. The minimum Gasteiger partial charge on any atom is -0.497 e. The van der Waals surface area contributed by atoms with Crippen LogP contribution in [0, 0.1) is 6.92 Å². The van der Waals surface area contributed by atoms with Crippen molar-refractivity contribution < 1.29 is 18.7 Å². The number of furan rings is 1. The van der Waals surface area contributed by atoms with Crippen molar-refractivity contribution in [3.05, 3.63) is 47.9 Å². The van der Waals surface area contributed by atoms with E-state index in [4.69, 9.17) is 13.9 Å². The molecule has 0 N–H and O–H groups in total. The molecular weight excluding hydrogens is 270 g/mol. The van der Waals surface area contributed by atoms with Gasteiger partial charge in [-0.3, -0.25) is 4.79 Å². The predicted octanol–water partition coefficient (Wildman–Crippen LogP) is 2.50. The Balaban J connectivity index is 1.56. The van der Waals surface area contributed by atoms with E-state index in [1.165, 1.54) is 6.26 Å². The second-order valence-electron chi connectivity index (χ2n) is 5.02. The second kappa shape index (κ2) is 5.52. The summed E-state index contributed by atoms with van der Waals surface area (Å²) < 4.78 is 16.1. The number of carbonyl (C=O) groups excluding carboxylic acids is 1. The first kappa shape index (κ1) is 13.5. The highest BCUT2D eigenvalue weighted by atomic mass is 16.5. The van der Waals surface area contributed by atoms with E-state index in [1.807, 2.05) is 24.3 Å². The Hall–Kier alpha value is -2.43. The van der Waals surface area contributed by atoms with E-state index in [1.54, 1.807) is 25.0 Å². The molecule has 1 saturated heterocycles. The Morgan fingerprint density at radius 2 is 2.05 bits per heavy atom. The normalized spacial score (nSPS) is 14.7. The number of hydrogen-bond donors (Lipinski definition) is 0. The summed E-state index contributed by atoms with van der Waals surface area (Å²) in [5.74, 6) is 2.16. The maximum Gasteiger partial charge on any atom is 0.257 e. The summed E-state index contributed by atoms with van der Waals surface area (Å²) >= 11 is 0. The first-order valence-electron chi connectivity index (χ1n) is 6.81. The largest absolute Gasteiger partial charge is 0.497 e. The van der Waals surface area contributed by atoms with Gasteiger partial charge in [0.2, 0.25) is 0 Å². The molecule has 0 aliphatic carbocycles. The molecule has 1 aromatic carbocycles. The Bertz CT molecular complexity index is 643. The molecule has 2 heterocycles. The topological polar surface area (TPSA) is 51.9 Å². The zero-order chi connectivity index (χ0) is 14.8. The summed E-state index contributed by atoms with van der Waals surface area (Å²) in [6.45, 7) is 2.96. The molecule has 1 amide bonds. The van der Waals surface area contributed by atoms with Gasteiger partial charge < -0.3 is 18.8 Å². The van der Waals surface area contributed by atoms with E-state index in [0.29, 0.717) is 24.4 Å². The van der Waals surface area contributed by atoms with Crippen LogP contribution in [0.3, 0.4) is 0 Å². The zero-order valence-electron chi connectivity index (χ0n) is 12.0. The fraction of sp³-hybridized carbons (Fsp3) is 0.312. The molecular formula is C16H17NO4. The number of amides is 1. The Labute approximate surface area is 123 Å². The van der Waals surface area contributed by atoms with Crippen molar-refractivity contribution in [2.24, 2.45) is 0 Å². The number of rotatable bonds is 4. The smallest absolute Gasteiger partial charge is 0.257 e. The number of carbonyl (C=O) groups is 1. The van der Waals surface area contributed by atoms with Crippen LogP contribution >= 0.6 is 0 Å². The van der Waals surface area contributed by atoms with E-state index in [0.717, 1.165) is 11.5 Å². The van der Waals surface area contributed by atoms with E-state index in [2.05, 4.69) is 0 Å². The van der Waals surface area contributed by atoms with E-state index in [9.17, 15) is 4.79 Å². The minimum atomic E-state index is -0.00765. The SMILES string of the molecule is COc1cccc(OC2CN(C(=O)c3ccoc3C)C2)c1. The van der Waals surface area contributed by atoms with Crippen molar-refractivity contribution in [2.75, 3.05) is 20.2 Å². The molecule has 1 aliphatic heterocycles. The van der Waals surface area contributed by atoms with Crippen molar-refractivity contribution in [1.82, 2.24) is 4.90 Å². The van der Waals surface area contributed by atoms with Gasteiger partial charge in [-0.25, -0.2) is 0 Å². The van der Waals surface area contributed by atoms with Gasteiger partial charge >= 0.3 is 0 Å². The maximum absolute atomic E-state index is 12.2. The molecule has 0 bridgehead atoms. The van der Waals surface area contributed by atoms with Crippen molar-refractivity contribution in [3.63, 3.8) is 0 Å². The number of likely N-dealkylation sites (tertiary alicyclic amines) is 1. The van der Waals surface area contributed by atoms with Crippen LogP contribution in [0.1, 0.15) is 16.1 Å². The summed E-state index contributed by atoms with van der Waals surface area (Å²) in [6.07, 6.45) is 1.56. The highest BCUT2D eigenvalue weighted by Crippen LogP contribution is 2.24. The summed E-state index contributed by atoms with van der Waals surface area (Å²) in [4.78, 5) is 14.0. The van der Waals surface area contributed by atoms with Crippen molar-refractivity contribution in [3.8, 4) is 11.5 Å². The molecule has 0 radical (unpaired) electrons. The van der Waals surface area contributed by atoms with Crippen molar-refractivity contribution in [1.29, 1.82) is 0 Å². The van der Waals surface area contributed by atoms with Crippen molar-refractivity contribution >= 4 is 5.91 Å². The maximum atomic E-state index is 12.2. The first-order chi connectivity index (χ1) is 10.2. The lowest BCUT2D eigenvalue weighted by atomic mass is 10.1. The molecule has 1 aliphatic rings. The minimum absolute atomic E-state index is 0.00765. The van der Waals surface area contributed by atoms with Gasteiger partial charge in [0.15, 0.2) is 0 Å². The number of benzene rings is 1. The predicted molar refractivity (Wildman–Crippen MR) is 76.8 cm³/mol. The molecule has 110 valence electrons. The Kier molecular flexibility index (Phi) is 3.56. The standard InChI is InChI=1S/C16H17NO4/c1-11-15(6-7-20-11)16(18)17-9-14(10-17)21-13-5-3-4-12(8-13)19-2/h3-8,14H,9-10H2,1-2H3. The van der Waals surface area contributed by atoms with Gasteiger partial charge in [-0.2, -0.15) is 0 Å². The summed E-state index contributed by atoms with van der Waals surface area (Å²) in [7, 11) is 1.62. The van der Waals surface area contributed by atoms with Crippen LogP contribution in [0.2, 0.25) is 0 Å². The molecule has 0 spiro atoms. The van der Waals surface area contributed by atoms with Gasteiger partial charge in [-0.1, -0.05) is 6.07 Å². The molecule has 0 atom stereocenters. The van der Waals surface area contributed by atoms with Crippen molar-refractivity contribution in [2.45, 2.75) is 13.0 Å². The first-order valence-corrected chi connectivity index (χ1v) is 6.81. The summed E-state index contributed by atoms with van der Waals surface area (Å²) in [5.41, 5.74) is 0.620. The third-order valence-corrected chi connectivity index (χ3v) is 3.57. The third-order valence-electron chi connectivity index (χ3n) is 3.57. The molecule has 21 heavy (non-hydrogen) atoms. The lowest BCUT2D eigenvalue weighted by Crippen LogP contribution is -2.56. The summed E-state index contributed by atoms with van der Waals surface area (Å²) in [5, 5.41) is 0. The fourth-order valence-corrected chi connectivity index (χ4v) is 2.32. The number of methoxy groups -OCH3 is 1. The number of aryl methyl sites for hydroxylation is 1. The van der Waals surface area contributed by atoms with Gasteiger partial charge in [0.05, 0.1) is 32.0 Å². The molecule has 1 fully saturated rings. The summed E-state index contributed by atoms with van der Waals surface area (Å²) in [6, 6.07) is 9.17. The quantitative estimate of drug-likeness (QED) is 0.867. The average Bonchev–Trinajstić information content (AvgIpc) is 2.88. The van der Waals surface area contributed by atoms with Crippen LogP contribution in [-0.4, -0.2) is 37.1 Å². The van der Waals surface area contributed by atoms with Gasteiger partial charge in [0.1, 0.15) is 23.4 Å². The number of hydrogen-bond acceptors (Lipinski definition) is 4. The zero-order valence-corrected chi connectivity index (χ0v) is 12.0. The van der Waals surface area contributed by atoms with E-state index >= 15 is 0 Å². The average molecular weight is 287 g/mol. The number of ether oxygens (including phenoxy) is 2. The van der Waals surface area contributed by atoms with Crippen LogP contribution in [-0.2, 0) is 0 Å². The highest BCUT2D eigenvalue weighted by Gasteiger charge is 2.33. The monoisotopic (exact) mass is 287 g/mol. The molecule has 3 rings (SSSR count). The van der Waals surface area contributed by atoms with Gasteiger partial charge in [0, 0.05) is 6.07 Å². The van der Waals surface area contributed by atoms with Crippen LogP contribution in [0.4, 0.5) is 0 Å². The molecule has 0 saturated carbocycles. The number of nitrogens with zero attached hydrogens (tertiary/aromatic N) is 1. The van der Waals surface area contributed by atoms with Crippen LogP contribution in [0.25, 0.3) is 0 Å². The molecule has 1 aromatic heterocycles. The van der Waals surface area contributed by atoms with Gasteiger partial charge in [-0.05, 0) is 25.1 Å². The molecule has 5 heteroatoms. The lowest BCUT2D eigenvalue weighted by Gasteiger charge is -2.38. The van der Waals surface area contributed by atoms with E-state index < -0.39 is 0 Å². The van der Waals surface area contributed by atoms with Crippen LogP contribution < -0.4 is 9.47 Å². The lowest BCUT2D eigenvalue weighted by molar-refractivity contribution is 0.0176. The molecule has 0 unspecified atom stereocenters. The molecule has 2 aromatic rings. The van der Waals surface area contributed by atoms with Gasteiger partial charge in [-0.15, -0.1) is 0 Å². The Morgan fingerprint density at radius 3 is 2.71 bits per heavy atom. The Morgan fingerprint density at radius 1 is 1.29 bits per heavy atom. The van der Waals surface area contributed by atoms with Crippen LogP contribution in [0.15, 0.2) is 41.0 Å². The van der Waals surface area contributed by atoms with Crippen LogP contribution in [0.5, 0.6) is 11.5 Å². The fourth-order valence-electron chi connectivity index (χ4n) is 2.32. The third kappa shape index (κ3) is 2.72. The van der Waals surface area contributed by atoms with E-state index in [-0.39, 0.29) is 12.0 Å². The second-order valence-corrected chi connectivity index (χ2v) is 5.02. The van der Waals surface area contributed by atoms with Gasteiger partial charge in [0.25, 0.3) is 5.91 Å².